The highest BCUT2D eigenvalue weighted by Crippen LogP contribution is 2.26. The van der Waals surface area contributed by atoms with Crippen molar-refractivity contribution in [2.24, 2.45) is 5.92 Å². The first-order valence-electron chi connectivity index (χ1n) is 4.99. The molecule has 0 bridgehead atoms. The quantitative estimate of drug-likeness (QED) is 0.869. The molecule has 0 aromatic heterocycles. The zero-order chi connectivity index (χ0) is 12.3. The molecule has 4 heteroatoms. The molecule has 0 spiro atoms. The van der Waals surface area contributed by atoms with Crippen molar-refractivity contribution in [3.63, 3.8) is 0 Å². The predicted molar refractivity (Wildman–Crippen MR) is 65.0 cm³/mol. The van der Waals surface area contributed by atoms with E-state index in [9.17, 15) is 9.90 Å². The third-order valence-corrected chi connectivity index (χ3v) is 3.46. The molecule has 0 fully saturated rings. The van der Waals surface area contributed by atoms with Crippen LogP contribution >= 0.6 is 15.9 Å². The van der Waals surface area contributed by atoms with E-state index in [0.717, 1.165) is 15.6 Å². The molecule has 1 aromatic carbocycles. The lowest BCUT2D eigenvalue weighted by molar-refractivity contribution is -0.148. The molecule has 0 saturated carbocycles. The molecule has 0 aliphatic carbocycles. The number of aryl methyl sites for hydroxylation is 1. The third-order valence-electron chi connectivity index (χ3n) is 2.57. The summed E-state index contributed by atoms with van der Waals surface area (Å²) in [6.45, 7) is 3.58. The average molecular weight is 287 g/mol. The second kappa shape index (κ2) is 5.46. The van der Waals surface area contributed by atoms with Gasteiger partial charge in [0.25, 0.3) is 0 Å². The molecule has 1 rings (SSSR count). The Bertz CT molecular complexity index is 390. The first-order chi connectivity index (χ1) is 7.47. The summed E-state index contributed by atoms with van der Waals surface area (Å²) < 4.78 is 5.58. The number of rotatable bonds is 3. The zero-order valence-corrected chi connectivity index (χ0v) is 11.1. The molecule has 0 heterocycles. The van der Waals surface area contributed by atoms with Crippen LogP contribution in [0.4, 0.5) is 0 Å². The Morgan fingerprint density at radius 1 is 1.50 bits per heavy atom. The van der Waals surface area contributed by atoms with Crippen molar-refractivity contribution >= 4 is 21.9 Å². The normalized spacial score (nSPS) is 14.3. The van der Waals surface area contributed by atoms with Gasteiger partial charge in [-0.2, -0.15) is 0 Å². The Morgan fingerprint density at radius 3 is 2.62 bits per heavy atom. The van der Waals surface area contributed by atoms with Crippen LogP contribution in [-0.2, 0) is 9.53 Å². The van der Waals surface area contributed by atoms with Crippen molar-refractivity contribution in [3.05, 3.63) is 33.8 Å². The van der Waals surface area contributed by atoms with Crippen LogP contribution < -0.4 is 0 Å². The summed E-state index contributed by atoms with van der Waals surface area (Å²) in [7, 11) is 1.32. The van der Waals surface area contributed by atoms with Crippen molar-refractivity contribution < 1.29 is 14.6 Å². The smallest absolute Gasteiger partial charge is 0.311 e. The number of carbonyl (C=O) groups excluding carboxylic acids is 1. The van der Waals surface area contributed by atoms with Crippen molar-refractivity contribution in [2.75, 3.05) is 7.11 Å². The lowest BCUT2D eigenvalue weighted by Crippen LogP contribution is -2.20. The molecular formula is C12H15BrO3. The van der Waals surface area contributed by atoms with Gasteiger partial charge >= 0.3 is 5.97 Å². The Balaban J connectivity index is 2.91. The van der Waals surface area contributed by atoms with Gasteiger partial charge in [0.15, 0.2) is 0 Å². The summed E-state index contributed by atoms with van der Waals surface area (Å²) in [5.41, 5.74) is 1.74. The minimum absolute atomic E-state index is 0.409. The van der Waals surface area contributed by atoms with Crippen molar-refractivity contribution in [2.45, 2.75) is 20.0 Å². The zero-order valence-electron chi connectivity index (χ0n) is 9.53. The van der Waals surface area contributed by atoms with Gasteiger partial charge in [-0.25, -0.2) is 0 Å². The number of halogens is 1. The summed E-state index contributed by atoms with van der Waals surface area (Å²) in [5.74, 6) is -0.973. The number of benzene rings is 1. The van der Waals surface area contributed by atoms with Crippen molar-refractivity contribution in [1.29, 1.82) is 0 Å². The Kier molecular flexibility index (Phi) is 4.50. The minimum atomic E-state index is -0.834. The summed E-state index contributed by atoms with van der Waals surface area (Å²) >= 11 is 3.38. The lowest BCUT2D eigenvalue weighted by Gasteiger charge is -2.17. The minimum Gasteiger partial charge on any atom is -0.469 e. The summed E-state index contributed by atoms with van der Waals surface area (Å²) in [6, 6.07) is 5.51. The van der Waals surface area contributed by atoms with E-state index < -0.39 is 18.0 Å². The lowest BCUT2D eigenvalue weighted by atomic mass is 9.96. The highest BCUT2D eigenvalue weighted by atomic mass is 79.9. The molecule has 0 aliphatic rings. The molecule has 16 heavy (non-hydrogen) atoms. The molecule has 1 N–H and O–H groups in total. The maximum atomic E-state index is 11.3. The number of ether oxygens (including phenoxy) is 1. The monoisotopic (exact) mass is 286 g/mol. The number of carbonyl (C=O) groups is 1. The van der Waals surface area contributed by atoms with Crippen LogP contribution in [0.1, 0.15) is 24.2 Å². The summed E-state index contributed by atoms with van der Waals surface area (Å²) in [4.78, 5) is 11.3. The Hall–Kier alpha value is -0.870. The Morgan fingerprint density at radius 2 is 2.12 bits per heavy atom. The standard InChI is InChI=1S/C12H15BrO3/c1-7-6-9(4-5-10(7)13)11(14)8(2)12(15)16-3/h4-6,8,11,14H,1-3H3. The molecule has 0 aliphatic heterocycles. The highest BCUT2D eigenvalue weighted by Gasteiger charge is 2.24. The second-order valence-electron chi connectivity index (χ2n) is 3.77. The predicted octanol–water partition coefficient (Wildman–Crippen LogP) is 2.60. The van der Waals surface area contributed by atoms with Gasteiger partial charge in [0.1, 0.15) is 0 Å². The fourth-order valence-electron chi connectivity index (χ4n) is 1.46. The third kappa shape index (κ3) is 2.83. The van der Waals surface area contributed by atoms with Gasteiger partial charge < -0.3 is 9.84 Å². The number of hydrogen-bond donors (Lipinski definition) is 1. The topological polar surface area (TPSA) is 46.5 Å². The number of esters is 1. The molecule has 1 aromatic rings. The van der Waals surface area contributed by atoms with E-state index in [-0.39, 0.29) is 0 Å². The summed E-state index contributed by atoms with van der Waals surface area (Å²) in [6.07, 6.45) is -0.834. The van der Waals surface area contributed by atoms with Gasteiger partial charge in [-0.15, -0.1) is 0 Å². The first kappa shape index (κ1) is 13.2. The fraction of sp³-hybridized carbons (Fsp3) is 0.417. The van der Waals surface area contributed by atoms with E-state index in [1.54, 1.807) is 13.0 Å². The summed E-state index contributed by atoms with van der Waals surface area (Å²) in [5, 5.41) is 9.99. The van der Waals surface area contributed by atoms with Crippen LogP contribution in [-0.4, -0.2) is 18.2 Å². The number of hydrogen-bond acceptors (Lipinski definition) is 3. The molecule has 2 atom stereocenters. The second-order valence-corrected chi connectivity index (χ2v) is 4.62. The molecule has 2 unspecified atom stereocenters. The number of methoxy groups -OCH3 is 1. The van der Waals surface area contributed by atoms with E-state index in [2.05, 4.69) is 20.7 Å². The first-order valence-corrected chi connectivity index (χ1v) is 5.78. The number of aliphatic hydroxyl groups excluding tert-OH is 1. The van der Waals surface area contributed by atoms with Crippen LogP contribution in [0.15, 0.2) is 22.7 Å². The van der Waals surface area contributed by atoms with E-state index in [1.807, 2.05) is 19.1 Å². The van der Waals surface area contributed by atoms with Crippen molar-refractivity contribution in [3.8, 4) is 0 Å². The van der Waals surface area contributed by atoms with Crippen LogP contribution in [0, 0.1) is 12.8 Å². The van der Waals surface area contributed by atoms with Gasteiger partial charge in [-0.05, 0) is 31.0 Å². The van der Waals surface area contributed by atoms with Crippen LogP contribution in [0.25, 0.3) is 0 Å². The van der Waals surface area contributed by atoms with E-state index in [4.69, 9.17) is 0 Å². The molecular weight excluding hydrogens is 272 g/mol. The van der Waals surface area contributed by atoms with Gasteiger partial charge in [0.2, 0.25) is 0 Å². The molecule has 3 nitrogen and oxygen atoms in total. The highest BCUT2D eigenvalue weighted by molar-refractivity contribution is 9.10. The maximum absolute atomic E-state index is 11.3. The van der Waals surface area contributed by atoms with Crippen LogP contribution in [0.2, 0.25) is 0 Å². The molecule has 0 amide bonds. The van der Waals surface area contributed by atoms with Gasteiger partial charge in [-0.3, -0.25) is 4.79 Å². The number of aliphatic hydroxyl groups is 1. The average Bonchev–Trinajstić information content (AvgIpc) is 2.29. The molecule has 0 radical (unpaired) electrons. The van der Waals surface area contributed by atoms with E-state index >= 15 is 0 Å². The van der Waals surface area contributed by atoms with Gasteiger partial charge in [0, 0.05) is 4.47 Å². The van der Waals surface area contributed by atoms with E-state index in [1.165, 1.54) is 7.11 Å². The maximum Gasteiger partial charge on any atom is 0.311 e. The SMILES string of the molecule is COC(=O)C(C)C(O)c1ccc(Br)c(C)c1. The molecule has 0 saturated heterocycles. The van der Waals surface area contributed by atoms with Crippen LogP contribution in [0.5, 0.6) is 0 Å². The van der Waals surface area contributed by atoms with Crippen LogP contribution in [0.3, 0.4) is 0 Å². The van der Waals surface area contributed by atoms with Gasteiger partial charge in [-0.1, -0.05) is 28.1 Å². The van der Waals surface area contributed by atoms with Crippen molar-refractivity contribution in [1.82, 2.24) is 0 Å². The fourth-order valence-corrected chi connectivity index (χ4v) is 1.70. The van der Waals surface area contributed by atoms with Gasteiger partial charge in [0.05, 0.1) is 19.1 Å². The largest absolute Gasteiger partial charge is 0.469 e. The Labute approximate surface area is 104 Å². The molecule has 88 valence electrons. The van der Waals surface area contributed by atoms with E-state index in [0.29, 0.717) is 0 Å².